The first-order valence-electron chi connectivity index (χ1n) is 6.05. The molecule has 1 amide bonds. The lowest BCUT2D eigenvalue weighted by Crippen LogP contribution is -2.25. The first kappa shape index (κ1) is 13.5. The lowest BCUT2D eigenvalue weighted by atomic mass is 10.0. The second-order valence-electron chi connectivity index (χ2n) is 4.45. The molecule has 1 unspecified atom stereocenters. The number of nitrogens with one attached hydrogen (secondary N) is 2. The fourth-order valence-electron chi connectivity index (χ4n) is 1.70. The van der Waals surface area contributed by atoms with E-state index in [1.54, 1.807) is 6.20 Å². The van der Waals surface area contributed by atoms with E-state index < -0.39 is 0 Å². The highest BCUT2D eigenvalue weighted by molar-refractivity contribution is 5.46. The van der Waals surface area contributed by atoms with Crippen molar-refractivity contribution in [2.24, 2.45) is 5.92 Å². The van der Waals surface area contributed by atoms with Gasteiger partial charge in [-0.3, -0.25) is 4.79 Å². The van der Waals surface area contributed by atoms with Crippen LogP contribution >= 0.6 is 0 Å². The van der Waals surface area contributed by atoms with Gasteiger partial charge in [-0.25, -0.2) is 4.98 Å². The predicted octanol–water partition coefficient (Wildman–Crippen LogP) is 2.17. The van der Waals surface area contributed by atoms with Crippen molar-refractivity contribution in [2.45, 2.75) is 39.8 Å². The molecule has 0 spiro atoms. The maximum Gasteiger partial charge on any atom is 0.207 e. The Bertz CT molecular complexity index is 335. The van der Waals surface area contributed by atoms with Crippen LogP contribution in [0, 0.1) is 5.92 Å². The Balaban J connectivity index is 2.57. The molecular formula is C13H21N3O. The summed E-state index contributed by atoms with van der Waals surface area (Å²) in [5.41, 5.74) is 1.00. The van der Waals surface area contributed by atoms with Gasteiger partial charge < -0.3 is 10.6 Å². The van der Waals surface area contributed by atoms with Crippen LogP contribution in [0.5, 0.6) is 0 Å². The van der Waals surface area contributed by atoms with Gasteiger partial charge in [-0.2, -0.15) is 0 Å². The zero-order valence-corrected chi connectivity index (χ0v) is 10.7. The van der Waals surface area contributed by atoms with Gasteiger partial charge in [-0.1, -0.05) is 26.8 Å². The summed E-state index contributed by atoms with van der Waals surface area (Å²) in [6.07, 6.45) is 3.55. The van der Waals surface area contributed by atoms with E-state index in [-0.39, 0.29) is 0 Å². The Morgan fingerprint density at radius 1 is 1.41 bits per heavy atom. The van der Waals surface area contributed by atoms with E-state index in [0.717, 1.165) is 17.8 Å². The number of amides is 1. The van der Waals surface area contributed by atoms with Crippen molar-refractivity contribution in [3.63, 3.8) is 0 Å². The Kier molecular flexibility index (Phi) is 5.46. The molecule has 94 valence electrons. The van der Waals surface area contributed by atoms with Gasteiger partial charge >= 0.3 is 0 Å². The van der Waals surface area contributed by atoms with Crippen LogP contribution in [0.25, 0.3) is 0 Å². The Labute approximate surface area is 103 Å². The molecule has 0 aliphatic carbocycles. The fraction of sp³-hybridized carbons (Fsp3) is 0.538. The highest BCUT2D eigenvalue weighted by Gasteiger charge is 2.10. The van der Waals surface area contributed by atoms with E-state index in [0.29, 0.717) is 24.9 Å². The Morgan fingerprint density at radius 2 is 2.18 bits per heavy atom. The van der Waals surface area contributed by atoms with Crippen LogP contribution in [-0.4, -0.2) is 17.4 Å². The molecule has 0 bridgehead atoms. The van der Waals surface area contributed by atoms with Crippen molar-refractivity contribution >= 4 is 12.2 Å². The first-order chi connectivity index (χ1) is 8.17. The molecule has 1 heterocycles. The summed E-state index contributed by atoms with van der Waals surface area (Å²) in [4.78, 5) is 14.5. The Morgan fingerprint density at radius 3 is 2.65 bits per heavy atom. The topological polar surface area (TPSA) is 54.0 Å². The van der Waals surface area contributed by atoms with Crippen LogP contribution in [0.2, 0.25) is 0 Å². The molecule has 0 fully saturated rings. The van der Waals surface area contributed by atoms with Crippen LogP contribution in [-0.2, 0) is 11.3 Å². The molecule has 4 heteroatoms. The summed E-state index contributed by atoms with van der Waals surface area (Å²) in [5, 5.41) is 6.02. The van der Waals surface area contributed by atoms with Crippen LogP contribution in [0.15, 0.2) is 18.3 Å². The number of rotatable bonds is 7. The van der Waals surface area contributed by atoms with Crippen LogP contribution in [0.4, 0.5) is 5.82 Å². The predicted molar refractivity (Wildman–Crippen MR) is 69.7 cm³/mol. The van der Waals surface area contributed by atoms with Crippen molar-refractivity contribution in [2.75, 3.05) is 5.32 Å². The number of carbonyl (C=O) groups is 1. The maximum atomic E-state index is 10.2. The minimum Gasteiger partial charge on any atom is -0.367 e. The van der Waals surface area contributed by atoms with E-state index in [4.69, 9.17) is 0 Å². The highest BCUT2D eigenvalue weighted by atomic mass is 16.1. The molecule has 2 N–H and O–H groups in total. The number of hydrogen-bond acceptors (Lipinski definition) is 3. The molecule has 0 saturated carbocycles. The third kappa shape index (κ3) is 4.43. The average Bonchev–Trinajstić information content (AvgIpc) is 2.34. The lowest BCUT2D eigenvalue weighted by Gasteiger charge is -2.21. The number of carbonyl (C=O) groups excluding carboxylic acids is 1. The summed E-state index contributed by atoms with van der Waals surface area (Å²) >= 11 is 0. The number of aromatic nitrogens is 1. The molecule has 0 radical (unpaired) electrons. The van der Waals surface area contributed by atoms with Crippen molar-refractivity contribution in [3.8, 4) is 0 Å². The minimum absolute atomic E-state index is 0.446. The quantitative estimate of drug-likeness (QED) is 0.712. The van der Waals surface area contributed by atoms with Gasteiger partial charge in [0.2, 0.25) is 6.41 Å². The van der Waals surface area contributed by atoms with Crippen molar-refractivity contribution in [1.29, 1.82) is 0 Å². The third-order valence-corrected chi connectivity index (χ3v) is 2.79. The molecular weight excluding hydrogens is 214 g/mol. The maximum absolute atomic E-state index is 10.2. The molecule has 1 rings (SSSR count). The van der Waals surface area contributed by atoms with Gasteiger partial charge in [-0.05, 0) is 24.0 Å². The standard InChI is InChI=1S/C13H21N3O/c1-4-12(10(2)3)16-13-6-5-11(8-15-13)7-14-9-17/h5-6,8-10,12H,4,7H2,1-3H3,(H,14,17)(H,15,16). The second kappa shape index (κ2) is 6.89. The summed E-state index contributed by atoms with van der Waals surface area (Å²) < 4.78 is 0. The number of hydrogen-bond donors (Lipinski definition) is 2. The molecule has 1 atom stereocenters. The number of anilines is 1. The van der Waals surface area contributed by atoms with E-state index in [1.807, 2.05) is 12.1 Å². The van der Waals surface area contributed by atoms with Gasteiger partial charge in [0, 0.05) is 18.8 Å². The summed E-state index contributed by atoms with van der Waals surface area (Å²) in [7, 11) is 0. The van der Waals surface area contributed by atoms with Gasteiger partial charge in [0.25, 0.3) is 0 Å². The first-order valence-corrected chi connectivity index (χ1v) is 6.05. The summed E-state index contributed by atoms with van der Waals surface area (Å²) in [6, 6.07) is 4.37. The van der Waals surface area contributed by atoms with Crippen LogP contribution in [0.3, 0.4) is 0 Å². The summed E-state index contributed by atoms with van der Waals surface area (Å²) in [5.74, 6) is 1.47. The minimum atomic E-state index is 0.446. The molecule has 1 aromatic heterocycles. The average molecular weight is 235 g/mol. The van der Waals surface area contributed by atoms with E-state index in [2.05, 4.69) is 36.4 Å². The van der Waals surface area contributed by atoms with Crippen LogP contribution < -0.4 is 10.6 Å². The smallest absolute Gasteiger partial charge is 0.207 e. The van der Waals surface area contributed by atoms with Gasteiger partial charge in [0.1, 0.15) is 5.82 Å². The lowest BCUT2D eigenvalue weighted by molar-refractivity contribution is -0.109. The normalized spacial score (nSPS) is 12.2. The number of pyridine rings is 1. The zero-order chi connectivity index (χ0) is 12.7. The monoisotopic (exact) mass is 235 g/mol. The molecule has 0 saturated heterocycles. The van der Waals surface area contributed by atoms with Gasteiger partial charge in [0.05, 0.1) is 0 Å². The van der Waals surface area contributed by atoms with Gasteiger partial charge in [0.15, 0.2) is 0 Å². The van der Waals surface area contributed by atoms with Crippen molar-refractivity contribution in [1.82, 2.24) is 10.3 Å². The largest absolute Gasteiger partial charge is 0.367 e. The second-order valence-corrected chi connectivity index (χ2v) is 4.45. The Hall–Kier alpha value is -1.58. The van der Waals surface area contributed by atoms with Crippen molar-refractivity contribution in [3.05, 3.63) is 23.9 Å². The molecule has 1 aromatic rings. The zero-order valence-electron chi connectivity index (χ0n) is 10.7. The van der Waals surface area contributed by atoms with Crippen molar-refractivity contribution < 1.29 is 4.79 Å². The highest BCUT2D eigenvalue weighted by Crippen LogP contribution is 2.13. The SMILES string of the molecule is CCC(Nc1ccc(CNC=O)cn1)C(C)C. The molecule has 17 heavy (non-hydrogen) atoms. The molecule has 4 nitrogen and oxygen atoms in total. The molecule has 0 aromatic carbocycles. The fourth-order valence-corrected chi connectivity index (χ4v) is 1.70. The molecule has 0 aliphatic heterocycles. The summed E-state index contributed by atoms with van der Waals surface area (Å²) in [6.45, 7) is 7.09. The molecule has 0 aliphatic rings. The third-order valence-electron chi connectivity index (χ3n) is 2.79. The van der Waals surface area contributed by atoms with E-state index in [1.165, 1.54) is 0 Å². The van der Waals surface area contributed by atoms with Gasteiger partial charge in [-0.15, -0.1) is 0 Å². The number of nitrogens with zero attached hydrogens (tertiary/aromatic N) is 1. The van der Waals surface area contributed by atoms with E-state index >= 15 is 0 Å². The van der Waals surface area contributed by atoms with Crippen LogP contribution in [0.1, 0.15) is 32.8 Å². The van der Waals surface area contributed by atoms with E-state index in [9.17, 15) is 4.79 Å².